The molecule has 1 fully saturated rings. The molecule has 1 saturated heterocycles. The number of benzene rings is 3. The van der Waals surface area contributed by atoms with Crippen LogP contribution >= 0.6 is 23.4 Å². The van der Waals surface area contributed by atoms with E-state index in [1.165, 1.54) is 11.1 Å². The van der Waals surface area contributed by atoms with Crippen molar-refractivity contribution in [3.63, 3.8) is 0 Å². The topological polar surface area (TPSA) is 94.3 Å². The first kappa shape index (κ1) is 23.7. The summed E-state index contributed by atoms with van der Waals surface area (Å²) in [7, 11) is 0. The van der Waals surface area contributed by atoms with Gasteiger partial charge in [-0.15, -0.1) is 11.8 Å². The van der Waals surface area contributed by atoms with Crippen molar-refractivity contribution in [2.24, 2.45) is 0 Å². The van der Waals surface area contributed by atoms with Crippen LogP contribution in [0.4, 0.5) is 11.4 Å². The average molecular weight is 517 g/mol. The van der Waals surface area contributed by atoms with Gasteiger partial charge in [0.15, 0.2) is 5.25 Å². The van der Waals surface area contributed by atoms with E-state index in [-0.39, 0.29) is 11.5 Å². The van der Waals surface area contributed by atoms with Gasteiger partial charge in [-0.1, -0.05) is 66.2 Å². The number of carbonyl (C=O) groups is 2. The van der Waals surface area contributed by atoms with Gasteiger partial charge in [-0.3, -0.25) is 19.8 Å². The number of aromatic nitrogens is 1. The molecule has 1 aliphatic heterocycles. The van der Waals surface area contributed by atoms with E-state index in [9.17, 15) is 14.4 Å². The number of hydrogen-bond donors (Lipinski definition) is 3. The Morgan fingerprint density at radius 1 is 0.833 bits per heavy atom. The smallest absolute Gasteiger partial charge is 0.265 e. The van der Waals surface area contributed by atoms with Gasteiger partial charge in [-0.25, -0.2) is 5.01 Å². The van der Waals surface area contributed by atoms with Crippen LogP contribution in [0.25, 0.3) is 0 Å². The number of aromatic amines is 1. The van der Waals surface area contributed by atoms with E-state index in [1.54, 1.807) is 30.5 Å². The highest BCUT2D eigenvalue weighted by molar-refractivity contribution is 8.01. The quantitative estimate of drug-likeness (QED) is 0.304. The molecule has 3 aromatic carbocycles. The van der Waals surface area contributed by atoms with Crippen molar-refractivity contribution in [3.05, 3.63) is 124 Å². The Labute approximate surface area is 216 Å². The van der Waals surface area contributed by atoms with Gasteiger partial charge in [-0.2, -0.15) is 0 Å². The number of hydrogen-bond acceptors (Lipinski definition) is 5. The largest absolute Gasteiger partial charge is 0.354 e. The summed E-state index contributed by atoms with van der Waals surface area (Å²) in [4.78, 5) is 41.2. The number of carbonyl (C=O) groups excluding carboxylic acids is 2. The number of rotatable bonds is 7. The number of pyridine rings is 1. The zero-order valence-electron chi connectivity index (χ0n) is 18.9. The molecule has 0 aliphatic carbocycles. The normalized spacial score (nSPS) is 16.0. The highest BCUT2D eigenvalue weighted by atomic mass is 35.5. The van der Waals surface area contributed by atoms with Crippen LogP contribution in [0.3, 0.4) is 0 Å². The van der Waals surface area contributed by atoms with Crippen LogP contribution in [0.15, 0.2) is 107 Å². The standard InChI is InChI=1S/C27H21ClN4O3S/c28-21-11-4-5-12-22(21)36-25-26(34)31-32(27(25)35)24(17-7-2-1-3-8-17)18-9-6-10-19(15-18)30-20-13-14-23(33)29-16-20/h1-16,24-25,30H,(H,29,33)(H,31,34). The van der Waals surface area contributed by atoms with Crippen LogP contribution in [0.1, 0.15) is 17.2 Å². The van der Waals surface area contributed by atoms with Crippen LogP contribution in [0.2, 0.25) is 5.02 Å². The molecular weight excluding hydrogens is 496 g/mol. The number of amides is 2. The maximum absolute atomic E-state index is 13.6. The summed E-state index contributed by atoms with van der Waals surface area (Å²) in [5.74, 6) is -0.744. The molecule has 0 bridgehead atoms. The molecule has 2 amide bonds. The lowest BCUT2D eigenvalue weighted by atomic mass is 9.97. The summed E-state index contributed by atoms with van der Waals surface area (Å²) < 4.78 is 0. The van der Waals surface area contributed by atoms with Gasteiger partial charge in [0.05, 0.1) is 10.7 Å². The Balaban J connectivity index is 1.47. The van der Waals surface area contributed by atoms with E-state index in [2.05, 4.69) is 15.7 Å². The molecular formula is C27H21ClN4O3S. The third kappa shape index (κ3) is 5.00. The molecule has 2 unspecified atom stereocenters. The Morgan fingerprint density at radius 2 is 1.58 bits per heavy atom. The molecule has 0 saturated carbocycles. The molecule has 9 heteroatoms. The number of H-pyrrole nitrogens is 1. The van der Waals surface area contributed by atoms with Gasteiger partial charge >= 0.3 is 0 Å². The summed E-state index contributed by atoms with van der Waals surface area (Å²) in [6.45, 7) is 0. The van der Waals surface area contributed by atoms with Gasteiger partial charge < -0.3 is 10.3 Å². The number of nitrogens with one attached hydrogen (secondary N) is 3. The molecule has 2 heterocycles. The van der Waals surface area contributed by atoms with Crippen LogP contribution < -0.4 is 16.3 Å². The molecule has 5 rings (SSSR count). The van der Waals surface area contributed by atoms with Gasteiger partial charge in [0.2, 0.25) is 5.56 Å². The minimum atomic E-state index is -0.960. The summed E-state index contributed by atoms with van der Waals surface area (Å²) >= 11 is 7.41. The van der Waals surface area contributed by atoms with E-state index >= 15 is 0 Å². The van der Waals surface area contributed by atoms with Gasteiger partial charge in [0.25, 0.3) is 11.8 Å². The van der Waals surface area contributed by atoms with Crippen molar-refractivity contribution in [1.82, 2.24) is 15.4 Å². The Kier molecular flexibility index (Phi) is 6.79. The third-order valence-corrected chi connectivity index (χ3v) is 7.36. The second kappa shape index (κ2) is 10.3. The van der Waals surface area contributed by atoms with Crippen LogP contribution in [-0.4, -0.2) is 27.1 Å². The van der Waals surface area contributed by atoms with Crippen molar-refractivity contribution >= 4 is 46.6 Å². The monoisotopic (exact) mass is 516 g/mol. The molecule has 1 aromatic heterocycles. The van der Waals surface area contributed by atoms with Gasteiger partial charge in [0.1, 0.15) is 6.04 Å². The Morgan fingerprint density at radius 3 is 2.33 bits per heavy atom. The fraction of sp³-hybridized carbons (Fsp3) is 0.0741. The van der Waals surface area contributed by atoms with Crippen molar-refractivity contribution in [3.8, 4) is 0 Å². The van der Waals surface area contributed by atoms with Gasteiger partial charge in [0, 0.05) is 22.8 Å². The second-order valence-corrected chi connectivity index (χ2v) is 9.67. The fourth-order valence-electron chi connectivity index (χ4n) is 4.00. The first-order chi connectivity index (χ1) is 17.5. The number of thioether (sulfide) groups is 1. The minimum absolute atomic E-state index is 0.189. The van der Waals surface area contributed by atoms with Crippen LogP contribution in [-0.2, 0) is 9.59 Å². The first-order valence-electron chi connectivity index (χ1n) is 11.1. The lowest BCUT2D eigenvalue weighted by Gasteiger charge is -2.28. The first-order valence-corrected chi connectivity index (χ1v) is 12.4. The molecule has 0 spiro atoms. The third-order valence-electron chi connectivity index (χ3n) is 5.66. The number of hydrazine groups is 1. The highest BCUT2D eigenvalue weighted by Gasteiger charge is 2.44. The van der Waals surface area contributed by atoms with Crippen LogP contribution in [0.5, 0.6) is 0 Å². The zero-order valence-corrected chi connectivity index (χ0v) is 20.4. The van der Waals surface area contributed by atoms with Crippen molar-refractivity contribution in [2.75, 3.05) is 5.32 Å². The zero-order chi connectivity index (χ0) is 25.1. The van der Waals surface area contributed by atoms with E-state index in [0.717, 1.165) is 28.6 Å². The van der Waals surface area contributed by atoms with E-state index < -0.39 is 17.2 Å². The maximum Gasteiger partial charge on any atom is 0.265 e. The molecule has 36 heavy (non-hydrogen) atoms. The van der Waals surface area contributed by atoms with E-state index in [4.69, 9.17) is 11.6 Å². The average Bonchev–Trinajstić information content (AvgIpc) is 3.16. The maximum atomic E-state index is 13.6. The van der Waals surface area contributed by atoms with E-state index in [0.29, 0.717) is 15.6 Å². The Hall–Kier alpha value is -4.01. The molecule has 4 aromatic rings. The fourth-order valence-corrected chi connectivity index (χ4v) is 5.24. The summed E-state index contributed by atoms with van der Waals surface area (Å²) in [5, 5.41) is 4.18. The molecule has 180 valence electrons. The van der Waals surface area contributed by atoms with Crippen molar-refractivity contribution in [1.29, 1.82) is 0 Å². The second-order valence-electron chi connectivity index (χ2n) is 8.12. The SMILES string of the molecule is O=C1NN(C(c2ccccc2)c2cccc(Nc3ccc(=O)[nH]c3)c2)C(=O)C1Sc1ccccc1Cl. The van der Waals surface area contributed by atoms with Crippen molar-refractivity contribution in [2.45, 2.75) is 16.2 Å². The minimum Gasteiger partial charge on any atom is -0.354 e. The summed E-state index contributed by atoms with van der Waals surface area (Å²) in [5.41, 5.74) is 5.72. The van der Waals surface area contributed by atoms with Gasteiger partial charge in [-0.05, 0) is 41.5 Å². The molecule has 7 nitrogen and oxygen atoms in total. The predicted octanol–water partition coefficient (Wildman–Crippen LogP) is 4.90. The van der Waals surface area contributed by atoms with Crippen molar-refractivity contribution < 1.29 is 9.59 Å². The number of nitrogens with zero attached hydrogens (tertiary/aromatic N) is 1. The lowest BCUT2D eigenvalue weighted by molar-refractivity contribution is -0.131. The predicted molar refractivity (Wildman–Crippen MR) is 141 cm³/mol. The lowest BCUT2D eigenvalue weighted by Crippen LogP contribution is -2.40. The number of halogens is 1. The molecule has 3 N–H and O–H groups in total. The van der Waals surface area contributed by atoms with Crippen LogP contribution in [0, 0.1) is 0 Å². The highest BCUT2D eigenvalue weighted by Crippen LogP contribution is 2.37. The summed E-state index contributed by atoms with van der Waals surface area (Å²) in [6.07, 6.45) is 1.59. The number of anilines is 2. The summed E-state index contributed by atoms with van der Waals surface area (Å²) in [6, 6.07) is 26.8. The molecule has 2 atom stereocenters. The Bertz CT molecular complexity index is 1460. The molecule has 0 radical (unpaired) electrons. The molecule has 1 aliphatic rings. The van der Waals surface area contributed by atoms with E-state index in [1.807, 2.05) is 60.7 Å².